The zero-order valence-electron chi connectivity index (χ0n) is 15.2. The summed E-state index contributed by atoms with van der Waals surface area (Å²) >= 11 is 0. The highest BCUT2D eigenvalue weighted by molar-refractivity contribution is 5.95. The van der Waals surface area contributed by atoms with Crippen LogP contribution in [0.25, 0.3) is 10.8 Å². The first-order chi connectivity index (χ1) is 13.8. The van der Waals surface area contributed by atoms with E-state index in [0.29, 0.717) is 0 Å². The third-order valence-electron chi connectivity index (χ3n) is 4.82. The minimum Gasteiger partial charge on any atom is -0.355 e. The van der Waals surface area contributed by atoms with Gasteiger partial charge in [0.05, 0.1) is 5.92 Å². The molecule has 1 atom stereocenters. The van der Waals surface area contributed by atoms with Gasteiger partial charge in [-0.2, -0.15) is 0 Å². The largest absolute Gasteiger partial charge is 0.355 e. The molecule has 0 aliphatic rings. The van der Waals surface area contributed by atoms with E-state index in [1.807, 2.05) is 78.9 Å². The second-order valence-electron chi connectivity index (χ2n) is 6.59. The Balaban J connectivity index is 1.63. The first-order valence-corrected chi connectivity index (χ1v) is 9.10. The molecule has 4 aromatic carbocycles. The van der Waals surface area contributed by atoms with Crippen LogP contribution in [0, 0.1) is 0 Å². The minimum absolute atomic E-state index is 0.457. The van der Waals surface area contributed by atoms with Gasteiger partial charge in [0.1, 0.15) is 0 Å². The molecule has 0 radical (unpaired) electrons. The number of amides is 1. The third-order valence-corrected chi connectivity index (χ3v) is 4.82. The number of carbonyl (C=O) groups is 1. The zero-order valence-corrected chi connectivity index (χ0v) is 15.2. The molecule has 0 spiro atoms. The van der Waals surface area contributed by atoms with Crippen LogP contribution in [-0.2, 0) is 4.79 Å². The van der Waals surface area contributed by atoms with Crippen LogP contribution >= 0.6 is 0 Å². The number of benzene rings is 4. The smallest absolute Gasteiger partial charge is 0.255 e. The molecule has 0 saturated carbocycles. The van der Waals surface area contributed by atoms with Gasteiger partial charge in [0.2, 0.25) is 0 Å². The highest BCUT2D eigenvalue weighted by Crippen LogP contribution is 2.29. The molecule has 0 fully saturated rings. The van der Waals surface area contributed by atoms with Crippen LogP contribution in [-0.4, -0.2) is 11.1 Å². The number of rotatable bonds is 5. The maximum absolute atomic E-state index is 12.3. The summed E-state index contributed by atoms with van der Waals surface area (Å²) in [7, 11) is 0. The summed E-state index contributed by atoms with van der Waals surface area (Å²) in [6.07, 6.45) is 0. The van der Waals surface area contributed by atoms with Crippen molar-refractivity contribution in [1.82, 2.24) is 5.48 Å². The van der Waals surface area contributed by atoms with Gasteiger partial charge < -0.3 is 5.32 Å². The number of fused-ring (bicyclic) bond motifs is 1. The highest BCUT2D eigenvalue weighted by Gasteiger charge is 2.22. The van der Waals surface area contributed by atoms with Gasteiger partial charge in [-0.1, -0.05) is 78.9 Å². The van der Waals surface area contributed by atoms with Crippen LogP contribution in [0.1, 0.15) is 17.0 Å². The predicted octanol–water partition coefficient (Wildman–Crippen LogP) is 5.22. The number of carbonyl (C=O) groups excluding carboxylic acids is 1. The lowest BCUT2D eigenvalue weighted by atomic mass is 9.90. The lowest BCUT2D eigenvalue weighted by molar-refractivity contribution is -0.129. The van der Waals surface area contributed by atoms with E-state index in [4.69, 9.17) is 5.21 Å². The molecule has 0 heterocycles. The van der Waals surface area contributed by atoms with E-state index in [-0.39, 0.29) is 0 Å². The lowest BCUT2D eigenvalue weighted by Crippen LogP contribution is -2.27. The second-order valence-corrected chi connectivity index (χ2v) is 6.59. The molecule has 0 aliphatic heterocycles. The van der Waals surface area contributed by atoms with Gasteiger partial charge in [0, 0.05) is 16.8 Å². The van der Waals surface area contributed by atoms with Crippen LogP contribution in [0.3, 0.4) is 0 Å². The fourth-order valence-corrected chi connectivity index (χ4v) is 3.45. The average molecular weight is 368 g/mol. The normalized spacial score (nSPS) is 11.8. The summed E-state index contributed by atoms with van der Waals surface area (Å²) in [6, 6.07) is 31.5. The van der Waals surface area contributed by atoms with Crippen LogP contribution < -0.4 is 10.8 Å². The molecule has 1 unspecified atom stereocenters. The minimum atomic E-state index is -0.571. The maximum Gasteiger partial charge on any atom is 0.255 e. The van der Waals surface area contributed by atoms with Crippen molar-refractivity contribution in [2.75, 3.05) is 5.32 Å². The quantitative estimate of drug-likeness (QED) is 0.334. The first-order valence-electron chi connectivity index (χ1n) is 9.10. The SMILES string of the molecule is O=C(NO)C(c1ccccc1)c1ccc(Nc2cccc3ccccc23)cc1. The van der Waals surface area contributed by atoms with Crippen molar-refractivity contribution in [2.24, 2.45) is 0 Å². The maximum atomic E-state index is 12.3. The van der Waals surface area contributed by atoms with Crippen molar-refractivity contribution < 1.29 is 10.0 Å². The third kappa shape index (κ3) is 3.59. The fourth-order valence-electron chi connectivity index (χ4n) is 3.45. The number of anilines is 2. The molecule has 0 aromatic heterocycles. The molecule has 4 heteroatoms. The van der Waals surface area contributed by atoms with E-state index < -0.39 is 11.8 Å². The van der Waals surface area contributed by atoms with Gasteiger partial charge in [0.15, 0.2) is 0 Å². The molecule has 0 bridgehead atoms. The van der Waals surface area contributed by atoms with E-state index >= 15 is 0 Å². The molecule has 4 aromatic rings. The van der Waals surface area contributed by atoms with Crippen LogP contribution in [0.2, 0.25) is 0 Å². The van der Waals surface area contributed by atoms with Gasteiger partial charge in [-0.15, -0.1) is 0 Å². The number of hydrogen-bond acceptors (Lipinski definition) is 3. The van der Waals surface area contributed by atoms with Crippen LogP contribution in [0.5, 0.6) is 0 Å². The number of nitrogens with one attached hydrogen (secondary N) is 2. The van der Waals surface area contributed by atoms with Crippen molar-refractivity contribution >= 4 is 28.1 Å². The summed E-state index contributed by atoms with van der Waals surface area (Å²) in [6.45, 7) is 0. The summed E-state index contributed by atoms with van der Waals surface area (Å²) in [5.41, 5.74) is 5.37. The topological polar surface area (TPSA) is 61.4 Å². The molecule has 0 aliphatic carbocycles. The Bertz CT molecular complexity index is 1090. The Hall–Kier alpha value is -3.63. The first kappa shape index (κ1) is 17.8. The molecular formula is C24H20N2O2. The highest BCUT2D eigenvalue weighted by atomic mass is 16.5. The van der Waals surface area contributed by atoms with E-state index in [9.17, 15) is 4.79 Å². The summed E-state index contributed by atoms with van der Waals surface area (Å²) in [4.78, 5) is 12.3. The van der Waals surface area contributed by atoms with Gasteiger partial charge in [-0.3, -0.25) is 10.0 Å². The lowest BCUT2D eigenvalue weighted by Gasteiger charge is -2.17. The van der Waals surface area contributed by atoms with Gasteiger partial charge in [-0.25, -0.2) is 5.48 Å². The molecule has 4 nitrogen and oxygen atoms in total. The van der Waals surface area contributed by atoms with Crippen molar-refractivity contribution in [3.8, 4) is 0 Å². The average Bonchev–Trinajstić information content (AvgIpc) is 2.76. The number of hydroxylamine groups is 1. The van der Waals surface area contributed by atoms with Crippen LogP contribution in [0.15, 0.2) is 97.1 Å². The summed E-state index contributed by atoms with van der Waals surface area (Å²) in [5, 5.41) is 14.9. The molecule has 138 valence electrons. The molecule has 3 N–H and O–H groups in total. The Kier molecular flexibility index (Phi) is 5.04. The van der Waals surface area contributed by atoms with Crippen molar-refractivity contribution in [3.63, 3.8) is 0 Å². The van der Waals surface area contributed by atoms with Gasteiger partial charge in [-0.05, 0) is 34.7 Å². The van der Waals surface area contributed by atoms with Crippen molar-refractivity contribution in [3.05, 3.63) is 108 Å². The predicted molar refractivity (Wildman–Crippen MR) is 112 cm³/mol. The summed E-state index contributed by atoms with van der Waals surface area (Å²) in [5.74, 6) is -1.03. The molecule has 1 amide bonds. The Morgan fingerprint density at radius 2 is 1.36 bits per heavy atom. The van der Waals surface area contributed by atoms with Gasteiger partial charge in [0.25, 0.3) is 5.91 Å². The molecular weight excluding hydrogens is 348 g/mol. The monoisotopic (exact) mass is 368 g/mol. The van der Waals surface area contributed by atoms with E-state index in [0.717, 1.165) is 27.9 Å². The van der Waals surface area contributed by atoms with E-state index in [1.165, 1.54) is 5.39 Å². The van der Waals surface area contributed by atoms with E-state index in [1.54, 1.807) is 5.48 Å². The van der Waals surface area contributed by atoms with Crippen molar-refractivity contribution in [1.29, 1.82) is 0 Å². The van der Waals surface area contributed by atoms with Gasteiger partial charge >= 0.3 is 0 Å². The standard InChI is InChI=1S/C24H20N2O2/c27-24(26-28)23(18-8-2-1-3-9-18)19-13-15-20(16-14-19)25-22-12-6-10-17-7-4-5-11-21(17)22/h1-16,23,25,28H,(H,26,27). The fraction of sp³-hybridized carbons (Fsp3) is 0.0417. The molecule has 4 rings (SSSR count). The zero-order chi connectivity index (χ0) is 19.3. The molecule has 28 heavy (non-hydrogen) atoms. The van der Waals surface area contributed by atoms with E-state index in [2.05, 4.69) is 23.5 Å². The second kappa shape index (κ2) is 7.94. The molecule has 0 saturated heterocycles. The Labute approximate surface area is 163 Å². The summed E-state index contributed by atoms with van der Waals surface area (Å²) < 4.78 is 0. The van der Waals surface area contributed by atoms with Crippen LogP contribution in [0.4, 0.5) is 11.4 Å². The van der Waals surface area contributed by atoms with Crippen molar-refractivity contribution in [2.45, 2.75) is 5.92 Å². The Morgan fingerprint density at radius 1 is 0.714 bits per heavy atom. The number of hydrogen-bond donors (Lipinski definition) is 3. The Morgan fingerprint density at radius 3 is 2.11 bits per heavy atom.